The minimum absolute atomic E-state index is 0.134. The van der Waals surface area contributed by atoms with E-state index in [0.717, 1.165) is 29.4 Å². The molecule has 2 aromatic heterocycles. The van der Waals surface area contributed by atoms with Crippen LogP contribution in [0.15, 0.2) is 60.9 Å². The van der Waals surface area contributed by atoms with E-state index in [4.69, 9.17) is 0 Å². The molecule has 1 unspecified atom stereocenters. The van der Waals surface area contributed by atoms with Crippen molar-refractivity contribution in [3.8, 4) is 0 Å². The molecule has 0 saturated carbocycles. The van der Waals surface area contributed by atoms with Crippen molar-refractivity contribution in [2.45, 2.75) is 38.6 Å². The molecule has 1 aromatic carbocycles. The molecule has 0 saturated heterocycles. The predicted octanol–water partition coefficient (Wildman–Crippen LogP) is 5.08. The summed E-state index contributed by atoms with van der Waals surface area (Å²) in [5, 5.41) is 4.00. The van der Waals surface area contributed by atoms with Crippen molar-refractivity contribution in [3.05, 3.63) is 77.8 Å². The number of nitrogens with one attached hydrogen (secondary N) is 1. The topological polar surface area (TPSA) is 54.9 Å². The maximum Gasteiger partial charge on any atom is 0.253 e. The molecule has 0 spiro atoms. The van der Waals surface area contributed by atoms with Gasteiger partial charge in [0, 0.05) is 23.3 Å². The highest BCUT2D eigenvalue weighted by atomic mass is 16.1. The summed E-state index contributed by atoms with van der Waals surface area (Å²) < 4.78 is 0. The highest BCUT2D eigenvalue weighted by Gasteiger charge is 2.15. The summed E-state index contributed by atoms with van der Waals surface area (Å²) in [5.41, 5.74) is 4.95. The van der Waals surface area contributed by atoms with Crippen LogP contribution in [0.1, 0.15) is 60.3 Å². The van der Waals surface area contributed by atoms with Crippen LogP contribution in [0.25, 0.3) is 16.5 Å². The van der Waals surface area contributed by atoms with Crippen molar-refractivity contribution in [1.82, 2.24) is 15.3 Å². The molecule has 0 bridgehead atoms. The van der Waals surface area contributed by atoms with Crippen LogP contribution in [-0.2, 0) is 0 Å². The number of carbonyl (C=O) groups excluding carboxylic acids is 1. The van der Waals surface area contributed by atoms with Gasteiger partial charge < -0.3 is 5.32 Å². The summed E-state index contributed by atoms with van der Waals surface area (Å²) in [6.45, 7) is 1.93. The molecule has 27 heavy (non-hydrogen) atoms. The third-order valence-electron chi connectivity index (χ3n) is 5.09. The monoisotopic (exact) mass is 357 g/mol. The number of rotatable bonds is 4. The van der Waals surface area contributed by atoms with Crippen molar-refractivity contribution in [2.75, 3.05) is 0 Å². The largest absolute Gasteiger partial charge is 0.344 e. The van der Waals surface area contributed by atoms with Gasteiger partial charge in [0.15, 0.2) is 0 Å². The summed E-state index contributed by atoms with van der Waals surface area (Å²) >= 11 is 0. The average molecular weight is 357 g/mol. The van der Waals surface area contributed by atoms with Gasteiger partial charge in [0.05, 0.1) is 22.8 Å². The van der Waals surface area contributed by atoms with E-state index < -0.39 is 0 Å². The number of fused-ring (bicyclic) bond motifs is 1. The fourth-order valence-corrected chi connectivity index (χ4v) is 3.61. The first kappa shape index (κ1) is 17.4. The van der Waals surface area contributed by atoms with Crippen LogP contribution in [-0.4, -0.2) is 15.9 Å². The smallest absolute Gasteiger partial charge is 0.253 e. The lowest BCUT2D eigenvalue weighted by molar-refractivity contribution is 0.0939. The van der Waals surface area contributed by atoms with Crippen molar-refractivity contribution in [1.29, 1.82) is 0 Å². The van der Waals surface area contributed by atoms with Crippen molar-refractivity contribution < 1.29 is 4.79 Å². The number of nitrogens with zero attached hydrogens (tertiary/aromatic N) is 2. The minimum atomic E-state index is -0.159. The third kappa shape index (κ3) is 3.75. The zero-order valence-electron chi connectivity index (χ0n) is 15.5. The highest BCUT2D eigenvalue weighted by Crippen LogP contribution is 2.31. The quantitative estimate of drug-likeness (QED) is 0.708. The van der Waals surface area contributed by atoms with Crippen LogP contribution in [0, 0.1) is 0 Å². The van der Waals surface area contributed by atoms with Crippen LogP contribution in [0.2, 0.25) is 0 Å². The number of hydrogen-bond donors (Lipinski definition) is 1. The molecule has 0 aliphatic heterocycles. The van der Waals surface area contributed by atoms with Gasteiger partial charge in [0.25, 0.3) is 5.91 Å². The van der Waals surface area contributed by atoms with E-state index in [0.29, 0.717) is 5.56 Å². The Balaban J connectivity index is 1.60. The summed E-state index contributed by atoms with van der Waals surface area (Å²) in [6, 6.07) is 13.7. The first-order valence-corrected chi connectivity index (χ1v) is 9.52. The molecule has 1 N–H and O–H groups in total. The van der Waals surface area contributed by atoms with Crippen molar-refractivity contribution in [3.63, 3.8) is 0 Å². The first-order valence-electron chi connectivity index (χ1n) is 9.52. The molecule has 0 radical (unpaired) electrons. The Morgan fingerprint density at radius 1 is 1.11 bits per heavy atom. The lowest BCUT2D eigenvalue weighted by atomic mass is 9.92. The maximum absolute atomic E-state index is 12.7. The van der Waals surface area contributed by atoms with Gasteiger partial charge in [-0.1, -0.05) is 30.3 Å². The van der Waals surface area contributed by atoms with E-state index in [1.165, 1.54) is 24.0 Å². The molecular formula is C23H23N3O. The van der Waals surface area contributed by atoms with E-state index in [2.05, 4.69) is 27.4 Å². The molecule has 4 nitrogen and oxygen atoms in total. The van der Waals surface area contributed by atoms with Crippen molar-refractivity contribution >= 4 is 22.4 Å². The Bertz CT molecular complexity index is 995. The highest BCUT2D eigenvalue weighted by molar-refractivity contribution is 5.99. The molecule has 4 rings (SSSR count). The van der Waals surface area contributed by atoms with Crippen molar-refractivity contribution in [2.24, 2.45) is 0 Å². The summed E-state index contributed by atoms with van der Waals surface area (Å²) in [4.78, 5) is 21.6. The number of amides is 1. The molecule has 1 atom stereocenters. The van der Waals surface area contributed by atoms with Gasteiger partial charge in [-0.05, 0) is 56.4 Å². The van der Waals surface area contributed by atoms with Crippen LogP contribution < -0.4 is 5.32 Å². The van der Waals surface area contributed by atoms with Gasteiger partial charge in [0.1, 0.15) is 0 Å². The Kier molecular flexibility index (Phi) is 4.97. The minimum Gasteiger partial charge on any atom is -0.344 e. The fourth-order valence-electron chi connectivity index (χ4n) is 3.61. The average Bonchev–Trinajstić information content (AvgIpc) is 2.74. The molecule has 1 aliphatic carbocycles. The molecule has 3 aromatic rings. The second-order valence-corrected chi connectivity index (χ2v) is 7.03. The van der Waals surface area contributed by atoms with E-state index in [9.17, 15) is 4.79 Å². The van der Waals surface area contributed by atoms with Gasteiger partial charge in [-0.3, -0.25) is 14.8 Å². The Morgan fingerprint density at radius 3 is 2.81 bits per heavy atom. The number of pyridine rings is 2. The second kappa shape index (κ2) is 7.70. The standard InChI is InChI=1S/C23H23N3O/c1-16(21-12-5-6-13-24-21)26-23(27)19-14-18-10-7-11-20(22(18)25-15-19)17-8-3-2-4-9-17/h5-8,10-16H,2-4,9H2,1H3,(H,26,27). The number of allylic oxidation sites excluding steroid dienone is 2. The molecule has 2 heterocycles. The SMILES string of the molecule is CC(NC(=O)c1cnc2c(C3=CCCCC3)cccc2c1)c1ccccn1. The second-order valence-electron chi connectivity index (χ2n) is 7.03. The van der Waals surface area contributed by atoms with Crippen LogP contribution in [0.4, 0.5) is 0 Å². The summed E-state index contributed by atoms with van der Waals surface area (Å²) in [7, 11) is 0. The van der Waals surface area contributed by atoms with Gasteiger partial charge in [0.2, 0.25) is 0 Å². The van der Waals surface area contributed by atoms with Gasteiger partial charge in [-0.15, -0.1) is 0 Å². The molecule has 1 amide bonds. The zero-order chi connectivity index (χ0) is 18.6. The number of aromatic nitrogens is 2. The van der Waals surface area contributed by atoms with E-state index >= 15 is 0 Å². The van der Waals surface area contributed by atoms with Crippen LogP contribution in [0.3, 0.4) is 0 Å². The normalized spacial score (nSPS) is 15.2. The first-order chi connectivity index (χ1) is 13.2. The Labute approximate surface area is 159 Å². The fraction of sp³-hybridized carbons (Fsp3) is 0.261. The molecule has 1 aliphatic rings. The Morgan fingerprint density at radius 2 is 2.04 bits per heavy atom. The summed E-state index contributed by atoms with van der Waals surface area (Å²) in [6.07, 6.45) is 10.5. The molecular weight excluding hydrogens is 334 g/mol. The van der Waals surface area contributed by atoms with Gasteiger partial charge in [-0.2, -0.15) is 0 Å². The number of benzene rings is 1. The van der Waals surface area contributed by atoms with Crippen LogP contribution >= 0.6 is 0 Å². The number of para-hydroxylation sites is 1. The predicted molar refractivity (Wildman–Crippen MR) is 108 cm³/mol. The van der Waals surface area contributed by atoms with E-state index in [-0.39, 0.29) is 11.9 Å². The maximum atomic E-state index is 12.7. The molecule has 136 valence electrons. The van der Waals surface area contributed by atoms with Gasteiger partial charge >= 0.3 is 0 Å². The van der Waals surface area contributed by atoms with E-state index in [1.807, 2.05) is 43.3 Å². The number of carbonyl (C=O) groups is 1. The number of hydrogen-bond acceptors (Lipinski definition) is 3. The third-order valence-corrected chi connectivity index (χ3v) is 5.09. The summed E-state index contributed by atoms with van der Waals surface area (Å²) in [5.74, 6) is -0.134. The Hall–Kier alpha value is -3.01. The zero-order valence-corrected chi connectivity index (χ0v) is 15.5. The van der Waals surface area contributed by atoms with Gasteiger partial charge in [-0.25, -0.2) is 0 Å². The lowest BCUT2D eigenvalue weighted by Crippen LogP contribution is -2.27. The van der Waals surface area contributed by atoms with E-state index in [1.54, 1.807) is 12.4 Å². The molecule has 4 heteroatoms. The molecule has 0 fully saturated rings. The van der Waals surface area contributed by atoms with Crippen LogP contribution in [0.5, 0.6) is 0 Å². The lowest BCUT2D eigenvalue weighted by Gasteiger charge is -2.16.